The van der Waals surface area contributed by atoms with E-state index in [2.05, 4.69) is 21.5 Å². The minimum atomic E-state index is -1.18. The van der Waals surface area contributed by atoms with Gasteiger partial charge in [-0.1, -0.05) is 0 Å². The van der Waals surface area contributed by atoms with Crippen LogP contribution in [-0.2, 0) is 4.79 Å². The zero-order valence-corrected chi connectivity index (χ0v) is 9.80. The maximum atomic E-state index is 11.5. The van der Waals surface area contributed by atoms with E-state index in [9.17, 15) is 9.59 Å². The van der Waals surface area contributed by atoms with E-state index in [1.54, 1.807) is 12.3 Å². The Kier molecular flexibility index (Phi) is 4.69. The second kappa shape index (κ2) is 6.25. The fraction of sp³-hybridized carbons (Fsp3) is 0.250. The normalized spacial score (nSPS) is 11.1. The van der Waals surface area contributed by atoms with Gasteiger partial charge in [-0.15, -0.1) is 12.3 Å². The molecule has 3 N–H and O–H groups in total. The zero-order valence-electron chi connectivity index (χ0n) is 9.80. The van der Waals surface area contributed by atoms with Gasteiger partial charge in [0.2, 0.25) is 0 Å². The van der Waals surface area contributed by atoms with Crippen LogP contribution in [0.2, 0.25) is 0 Å². The van der Waals surface area contributed by atoms with Crippen LogP contribution in [0.1, 0.15) is 12.0 Å². The van der Waals surface area contributed by atoms with Crippen LogP contribution in [0, 0.1) is 19.3 Å². The van der Waals surface area contributed by atoms with Gasteiger partial charge in [0.25, 0.3) is 0 Å². The number of pyridine rings is 1. The molecular weight excluding hydrogens is 234 g/mol. The van der Waals surface area contributed by atoms with E-state index in [0.717, 1.165) is 5.56 Å². The lowest BCUT2D eigenvalue weighted by Gasteiger charge is -2.12. The number of aromatic nitrogens is 1. The van der Waals surface area contributed by atoms with Gasteiger partial charge in [0.05, 0.1) is 11.9 Å². The van der Waals surface area contributed by atoms with Crippen molar-refractivity contribution in [3.8, 4) is 12.3 Å². The number of carbonyl (C=O) groups excluding carboxylic acids is 1. The van der Waals surface area contributed by atoms with E-state index < -0.39 is 18.0 Å². The lowest BCUT2D eigenvalue weighted by Crippen LogP contribution is -2.42. The van der Waals surface area contributed by atoms with E-state index in [1.807, 2.05) is 6.92 Å². The first-order chi connectivity index (χ1) is 8.52. The lowest BCUT2D eigenvalue weighted by atomic mass is 10.2. The van der Waals surface area contributed by atoms with Crippen molar-refractivity contribution in [2.24, 2.45) is 0 Å². The van der Waals surface area contributed by atoms with Crippen molar-refractivity contribution < 1.29 is 14.7 Å². The molecule has 0 radical (unpaired) electrons. The first-order valence-corrected chi connectivity index (χ1v) is 5.18. The van der Waals surface area contributed by atoms with Gasteiger partial charge < -0.3 is 15.7 Å². The van der Waals surface area contributed by atoms with E-state index in [-0.39, 0.29) is 6.42 Å². The van der Waals surface area contributed by atoms with Crippen molar-refractivity contribution >= 4 is 17.7 Å². The third-order valence-electron chi connectivity index (χ3n) is 2.06. The van der Waals surface area contributed by atoms with Gasteiger partial charge in [0, 0.05) is 12.6 Å². The van der Waals surface area contributed by atoms with Crippen LogP contribution in [0.15, 0.2) is 18.5 Å². The number of terminal acetylenes is 1. The quantitative estimate of drug-likeness (QED) is 0.692. The number of rotatable bonds is 4. The molecule has 0 bridgehead atoms. The number of hydrogen-bond acceptors (Lipinski definition) is 3. The fourth-order valence-corrected chi connectivity index (χ4v) is 1.27. The molecule has 1 heterocycles. The average molecular weight is 247 g/mol. The monoisotopic (exact) mass is 247 g/mol. The second-order valence-electron chi connectivity index (χ2n) is 3.65. The molecule has 1 atom stereocenters. The highest BCUT2D eigenvalue weighted by atomic mass is 16.4. The van der Waals surface area contributed by atoms with Crippen molar-refractivity contribution in [2.45, 2.75) is 19.4 Å². The molecule has 1 rings (SSSR count). The van der Waals surface area contributed by atoms with Gasteiger partial charge in [0.15, 0.2) is 0 Å². The number of nitrogens with zero attached hydrogens (tertiary/aromatic N) is 1. The number of carboxylic acid groups (broad SMARTS) is 1. The fourth-order valence-electron chi connectivity index (χ4n) is 1.27. The summed E-state index contributed by atoms with van der Waals surface area (Å²) in [6.45, 7) is 1.83. The average Bonchev–Trinajstić information content (AvgIpc) is 2.28. The van der Waals surface area contributed by atoms with Gasteiger partial charge in [0.1, 0.15) is 6.04 Å². The van der Waals surface area contributed by atoms with Crippen LogP contribution in [0.4, 0.5) is 10.5 Å². The molecule has 0 aliphatic carbocycles. The summed E-state index contributed by atoms with van der Waals surface area (Å²) in [7, 11) is 0. The molecule has 94 valence electrons. The van der Waals surface area contributed by atoms with Crippen LogP contribution in [0.3, 0.4) is 0 Å². The molecule has 0 aromatic carbocycles. The molecule has 6 heteroatoms. The molecule has 2 amide bonds. The van der Waals surface area contributed by atoms with E-state index >= 15 is 0 Å². The van der Waals surface area contributed by atoms with Crippen molar-refractivity contribution in [1.82, 2.24) is 10.3 Å². The first kappa shape index (κ1) is 13.5. The third kappa shape index (κ3) is 4.14. The van der Waals surface area contributed by atoms with E-state index in [0.29, 0.717) is 5.69 Å². The highest BCUT2D eigenvalue weighted by Gasteiger charge is 2.18. The number of carbonyl (C=O) groups is 2. The number of amides is 2. The van der Waals surface area contributed by atoms with E-state index in [1.165, 1.54) is 6.20 Å². The highest BCUT2D eigenvalue weighted by molar-refractivity contribution is 5.92. The van der Waals surface area contributed by atoms with Gasteiger partial charge in [-0.2, -0.15) is 0 Å². The third-order valence-corrected chi connectivity index (χ3v) is 2.06. The molecule has 0 spiro atoms. The smallest absolute Gasteiger partial charge is 0.327 e. The molecule has 0 aliphatic heterocycles. The van der Waals surface area contributed by atoms with Crippen molar-refractivity contribution in [1.29, 1.82) is 0 Å². The van der Waals surface area contributed by atoms with Crippen LogP contribution in [0.25, 0.3) is 0 Å². The van der Waals surface area contributed by atoms with Crippen molar-refractivity contribution in [2.75, 3.05) is 5.32 Å². The van der Waals surface area contributed by atoms with Crippen molar-refractivity contribution in [3.63, 3.8) is 0 Å². The summed E-state index contributed by atoms with van der Waals surface area (Å²) in [5.41, 5.74) is 1.36. The van der Waals surface area contributed by atoms with E-state index in [4.69, 9.17) is 11.5 Å². The predicted octanol–water partition coefficient (Wildman–Crippen LogP) is 0.988. The second-order valence-corrected chi connectivity index (χ2v) is 3.65. The van der Waals surface area contributed by atoms with Crippen molar-refractivity contribution in [3.05, 3.63) is 24.0 Å². The van der Waals surface area contributed by atoms with Gasteiger partial charge in [-0.05, 0) is 18.6 Å². The number of aliphatic carboxylic acids is 1. The molecule has 1 aromatic rings. The number of hydrogen-bond donors (Lipinski definition) is 3. The molecule has 0 saturated carbocycles. The zero-order chi connectivity index (χ0) is 13.5. The van der Waals surface area contributed by atoms with Gasteiger partial charge >= 0.3 is 12.0 Å². The molecule has 1 unspecified atom stereocenters. The Balaban J connectivity index is 2.61. The largest absolute Gasteiger partial charge is 0.480 e. The molecule has 1 aromatic heterocycles. The summed E-state index contributed by atoms with van der Waals surface area (Å²) in [4.78, 5) is 26.2. The van der Waals surface area contributed by atoms with Gasteiger partial charge in [-0.3, -0.25) is 4.98 Å². The maximum Gasteiger partial charge on any atom is 0.327 e. The first-order valence-electron chi connectivity index (χ1n) is 5.18. The lowest BCUT2D eigenvalue weighted by molar-refractivity contribution is -0.139. The maximum absolute atomic E-state index is 11.5. The molecular formula is C12H13N3O3. The van der Waals surface area contributed by atoms with Crippen LogP contribution in [-0.4, -0.2) is 28.1 Å². The Morgan fingerprint density at radius 3 is 2.83 bits per heavy atom. The summed E-state index contributed by atoms with van der Waals surface area (Å²) in [5, 5.41) is 13.6. The summed E-state index contributed by atoms with van der Waals surface area (Å²) in [6.07, 6.45) is 8.05. The molecule has 0 saturated heterocycles. The Bertz CT molecular complexity index is 494. The Hall–Kier alpha value is -2.55. The van der Waals surface area contributed by atoms with Crippen LogP contribution >= 0.6 is 0 Å². The number of carboxylic acids is 1. The summed E-state index contributed by atoms with van der Waals surface area (Å²) in [6, 6.07) is -0.0263. The number of anilines is 1. The Morgan fingerprint density at radius 1 is 1.56 bits per heavy atom. The number of urea groups is 1. The minimum absolute atomic E-state index is 0.0746. The van der Waals surface area contributed by atoms with Gasteiger partial charge in [-0.25, -0.2) is 9.59 Å². The topological polar surface area (TPSA) is 91.3 Å². The summed E-state index contributed by atoms with van der Waals surface area (Å²) < 4.78 is 0. The Labute approximate surface area is 104 Å². The molecule has 0 fully saturated rings. The SMILES string of the molecule is C#CCC(NC(=O)Nc1cncc(C)c1)C(=O)O. The summed E-state index contributed by atoms with van der Waals surface area (Å²) in [5.74, 6) is 1.02. The van der Waals surface area contributed by atoms with Crippen LogP contribution < -0.4 is 10.6 Å². The highest BCUT2D eigenvalue weighted by Crippen LogP contribution is 2.06. The minimum Gasteiger partial charge on any atom is -0.480 e. The predicted molar refractivity (Wildman–Crippen MR) is 66.0 cm³/mol. The molecule has 6 nitrogen and oxygen atoms in total. The molecule has 0 aliphatic rings. The standard InChI is InChI=1S/C12H13N3O3/c1-3-4-10(11(16)17)15-12(18)14-9-5-8(2)6-13-7-9/h1,5-7,10H,4H2,2H3,(H,16,17)(H2,14,15,18). The number of aryl methyl sites for hydroxylation is 1. The molecule has 18 heavy (non-hydrogen) atoms. The Morgan fingerprint density at radius 2 is 2.28 bits per heavy atom. The van der Waals surface area contributed by atoms with Crippen LogP contribution in [0.5, 0.6) is 0 Å². The number of nitrogens with one attached hydrogen (secondary N) is 2. The summed E-state index contributed by atoms with van der Waals surface area (Å²) >= 11 is 0.